The number of likely N-dealkylation sites (N-methyl/N-ethyl adjacent to an activating group) is 1. The zero-order valence-electron chi connectivity index (χ0n) is 14.0. The molecule has 0 saturated heterocycles. The van der Waals surface area contributed by atoms with E-state index in [4.69, 9.17) is 4.42 Å². The highest BCUT2D eigenvalue weighted by Gasteiger charge is 2.17. The zero-order chi connectivity index (χ0) is 18.4. The number of rotatable bonds is 6. The summed E-state index contributed by atoms with van der Waals surface area (Å²) in [6.07, 6.45) is 4.73. The summed E-state index contributed by atoms with van der Waals surface area (Å²) in [6.45, 7) is -0.0927. The van der Waals surface area contributed by atoms with Crippen molar-refractivity contribution in [2.45, 2.75) is 10.1 Å². The van der Waals surface area contributed by atoms with Gasteiger partial charge in [0.1, 0.15) is 10.1 Å². The fourth-order valence-electron chi connectivity index (χ4n) is 2.13. The number of carbonyl (C=O) groups is 2. The standard InChI is InChI=1S/C18H16N4O3S/c1-22(18(24)14-5-4-10-25-14)12-15(23)21-13-7-9-20-17(11-13)26-16-6-2-3-8-19-16/h2-11H,12H2,1H3,(H,20,21,23). The minimum atomic E-state index is -0.355. The highest BCUT2D eigenvalue weighted by atomic mass is 32.2. The van der Waals surface area contributed by atoms with Crippen LogP contribution in [0.3, 0.4) is 0 Å². The van der Waals surface area contributed by atoms with Crippen molar-refractivity contribution < 1.29 is 14.0 Å². The molecule has 26 heavy (non-hydrogen) atoms. The minimum absolute atomic E-state index is 0.0927. The number of aromatic nitrogens is 2. The molecule has 1 N–H and O–H groups in total. The number of hydrogen-bond acceptors (Lipinski definition) is 6. The van der Waals surface area contributed by atoms with Gasteiger partial charge in [-0.2, -0.15) is 0 Å². The lowest BCUT2D eigenvalue weighted by atomic mass is 10.3. The maximum Gasteiger partial charge on any atom is 0.289 e. The Morgan fingerprint density at radius 3 is 2.69 bits per heavy atom. The number of hydrogen-bond donors (Lipinski definition) is 1. The van der Waals surface area contributed by atoms with E-state index in [2.05, 4.69) is 15.3 Å². The van der Waals surface area contributed by atoms with Crippen molar-refractivity contribution in [2.75, 3.05) is 18.9 Å². The van der Waals surface area contributed by atoms with E-state index in [1.165, 1.54) is 22.9 Å². The summed E-state index contributed by atoms with van der Waals surface area (Å²) in [6, 6.07) is 12.2. The molecule has 7 nitrogen and oxygen atoms in total. The predicted octanol–water partition coefficient (Wildman–Crippen LogP) is 2.93. The molecule has 0 radical (unpaired) electrons. The van der Waals surface area contributed by atoms with Crippen LogP contribution in [0.2, 0.25) is 0 Å². The van der Waals surface area contributed by atoms with Crippen LogP contribution >= 0.6 is 11.8 Å². The van der Waals surface area contributed by atoms with Crippen molar-refractivity contribution >= 4 is 29.3 Å². The molecule has 0 spiro atoms. The third-order valence-corrected chi connectivity index (χ3v) is 4.21. The van der Waals surface area contributed by atoms with Gasteiger partial charge in [0.2, 0.25) is 5.91 Å². The zero-order valence-corrected chi connectivity index (χ0v) is 14.8. The number of nitrogens with zero attached hydrogens (tertiary/aromatic N) is 3. The number of pyridine rings is 2. The van der Waals surface area contributed by atoms with Crippen LogP contribution in [0.5, 0.6) is 0 Å². The average molecular weight is 368 g/mol. The lowest BCUT2D eigenvalue weighted by Crippen LogP contribution is -2.34. The molecule has 0 aliphatic heterocycles. The second kappa shape index (κ2) is 8.30. The summed E-state index contributed by atoms with van der Waals surface area (Å²) in [5.41, 5.74) is 0.599. The van der Waals surface area contributed by atoms with Crippen LogP contribution in [0, 0.1) is 0 Å². The third-order valence-electron chi connectivity index (χ3n) is 3.32. The first-order valence-electron chi connectivity index (χ1n) is 7.75. The van der Waals surface area contributed by atoms with E-state index in [-0.39, 0.29) is 24.1 Å². The molecule has 0 aromatic carbocycles. The Hall–Kier alpha value is -3.13. The van der Waals surface area contributed by atoms with Crippen molar-refractivity contribution in [3.63, 3.8) is 0 Å². The molecular formula is C18H16N4O3S. The Morgan fingerprint density at radius 2 is 1.96 bits per heavy atom. The highest BCUT2D eigenvalue weighted by Crippen LogP contribution is 2.25. The molecule has 0 fully saturated rings. The van der Waals surface area contributed by atoms with Gasteiger partial charge in [-0.1, -0.05) is 17.8 Å². The average Bonchev–Trinajstić information content (AvgIpc) is 3.16. The van der Waals surface area contributed by atoms with Crippen molar-refractivity contribution in [1.82, 2.24) is 14.9 Å². The number of anilines is 1. The second-order valence-corrected chi connectivity index (χ2v) is 6.38. The van der Waals surface area contributed by atoms with Crippen LogP contribution in [0.25, 0.3) is 0 Å². The summed E-state index contributed by atoms with van der Waals surface area (Å²) >= 11 is 1.40. The second-order valence-electron chi connectivity index (χ2n) is 5.34. The maximum absolute atomic E-state index is 12.2. The number of furan rings is 1. The summed E-state index contributed by atoms with van der Waals surface area (Å²) in [4.78, 5) is 34.1. The summed E-state index contributed by atoms with van der Waals surface area (Å²) < 4.78 is 5.05. The van der Waals surface area contributed by atoms with E-state index in [0.717, 1.165) is 5.03 Å². The fourth-order valence-corrected chi connectivity index (χ4v) is 2.91. The Balaban J connectivity index is 1.59. The third kappa shape index (κ3) is 4.70. The van der Waals surface area contributed by atoms with Crippen LogP contribution in [0.1, 0.15) is 10.6 Å². The van der Waals surface area contributed by atoms with E-state index >= 15 is 0 Å². The fraction of sp³-hybridized carbons (Fsp3) is 0.111. The van der Waals surface area contributed by atoms with Gasteiger partial charge in [-0.25, -0.2) is 9.97 Å². The van der Waals surface area contributed by atoms with E-state index < -0.39 is 0 Å². The van der Waals surface area contributed by atoms with Crippen LogP contribution < -0.4 is 5.32 Å². The van der Waals surface area contributed by atoms with E-state index in [0.29, 0.717) is 10.7 Å². The Labute approximate surface area is 154 Å². The van der Waals surface area contributed by atoms with Gasteiger partial charge in [0.15, 0.2) is 5.76 Å². The van der Waals surface area contributed by atoms with Crippen LogP contribution in [0.4, 0.5) is 5.69 Å². The molecule has 132 valence electrons. The molecule has 8 heteroatoms. The lowest BCUT2D eigenvalue weighted by molar-refractivity contribution is -0.116. The highest BCUT2D eigenvalue weighted by molar-refractivity contribution is 7.99. The summed E-state index contributed by atoms with van der Waals surface area (Å²) in [5.74, 6) is -0.475. The molecule has 2 amide bonds. The normalized spacial score (nSPS) is 10.3. The molecule has 0 saturated carbocycles. The van der Waals surface area contributed by atoms with Gasteiger partial charge >= 0.3 is 0 Å². The van der Waals surface area contributed by atoms with Gasteiger partial charge in [0.25, 0.3) is 5.91 Å². The van der Waals surface area contributed by atoms with Gasteiger partial charge in [0, 0.05) is 25.1 Å². The van der Waals surface area contributed by atoms with Gasteiger partial charge in [-0.3, -0.25) is 9.59 Å². The lowest BCUT2D eigenvalue weighted by Gasteiger charge is -2.15. The Morgan fingerprint density at radius 1 is 1.12 bits per heavy atom. The Bertz CT molecular complexity index is 884. The van der Waals surface area contributed by atoms with Crippen LogP contribution in [0.15, 0.2) is 75.6 Å². The molecular weight excluding hydrogens is 352 g/mol. The number of nitrogens with one attached hydrogen (secondary N) is 1. The molecule has 0 aliphatic rings. The molecule has 3 rings (SSSR count). The first kappa shape index (κ1) is 17.7. The van der Waals surface area contributed by atoms with E-state index in [9.17, 15) is 9.59 Å². The topological polar surface area (TPSA) is 88.3 Å². The molecule has 0 bridgehead atoms. The largest absolute Gasteiger partial charge is 0.459 e. The van der Waals surface area contributed by atoms with Crippen molar-refractivity contribution in [2.24, 2.45) is 0 Å². The predicted molar refractivity (Wildman–Crippen MR) is 96.9 cm³/mol. The minimum Gasteiger partial charge on any atom is -0.459 e. The first-order chi connectivity index (χ1) is 12.6. The maximum atomic E-state index is 12.2. The summed E-state index contributed by atoms with van der Waals surface area (Å²) in [5, 5.41) is 4.28. The van der Waals surface area contributed by atoms with Gasteiger partial charge in [0.05, 0.1) is 12.8 Å². The Kier molecular flexibility index (Phi) is 5.65. The first-order valence-corrected chi connectivity index (χ1v) is 8.57. The quantitative estimate of drug-likeness (QED) is 0.720. The smallest absolute Gasteiger partial charge is 0.289 e. The van der Waals surface area contributed by atoms with Crippen molar-refractivity contribution in [3.8, 4) is 0 Å². The van der Waals surface area contributed by atoms with Crippen LogP contribution in [-0.4, -0.2) is 40.3 Å². The number of carbonyl (C=O) groups excluding carboxylic acids is 2. The van der Waals surface area contributed by atoms with Crippen molar-refractivity contribution in [3.05, 3.63) is 66.9 Å². The van der Waals surface area contributed by atoms with Crippen LogP contribution in [-0.2, 0) is 4.79 Å². The number of amides is 2. The van der Waals surface area contributed by atoms with Gasteiger partial charge in [-0.05, 0) is 36.4 Å². The van der Waals surface area contributed by atoms with Gasteiger partial charge in [-0.15, -0.1) is 0 Å². The van der Waals surface area contributed by atoms with Crippen molar-refractivity contribution in [1.29, 1.82) is 0 Å². The molecule has 3 aromatic rings. The van der Waals surface area contributed by atoms with E-state index in [1.54, 1.807) is 43.7 Å². The SMILES string of the molecule is CN(CC(=O)Nc1ccnc(Sc2ccccn2)c1)C(=O)c1ccco1. The molecule has 3 heterocycles. The summed E-state index contributed by atoms with van der Waals surface area (Å²) in [7, 11) is 1.54. The molecule has 0 atom stereocenters. The molecule has 0 aliphatic carbocycles. The molecule has 3 aromatic heterocycles. The molecule has 0 unspecified atom stereocenters. The van der Waals surface area contributed by atoms with Gasteiger partial charge < -0.3 is 14.6 Å². The monoisotopic (exact) mass is 368 g/mol. The van der Waals surface area contributed by atoms with E-state index in [1.807, 2.05) is 18.2 Å².